The summed E-state index contributed by atoms with van der Waals surface area (Å²) in [4.78, 5) is 11.1. The van der Waals surface area contributed by atoms with E-state index in [0.717, 1.165) is 17.2 Å². The minimum atomic E-state index is -4.63. The lowest BCUT2D eigenvalue weighted by Crippen LogP contribution is -2.09. The molecule has 0 aliphatic heterocycles. The number of methoxy groups -OCH3 is 1. The molecule has 0 radical (unpaired) electrons. The predicted octanol–water partition coefficient (Wildman–Crippen LogP) is 7.02. The fourth-order valence-electron chi connectivity index (χ4n) is 2.96. The smallest absolute Gasteiger partial charge is 0.417 e. The minimum absolute atomic E-state index is 0.0665. The van der Waals surface area contributed by atoms with E-state index in [9.17, 15) is 18.0 Å². The number of halogens is 4. The summed E-state index contributed by atoms with van der Waals surface area (Å²) in [5.41, 5.74) is 1.04. The third-order valence-electron chi connectivity index (χ3n) is 4.39. The maximum absolute atomic E-state index is 13.5. The Morgan fingerprint density at radius 1 is 0.897 bits per heavy atom. The summed E-state index contributed by atoms with van der Waals surface area (Å²) in [6, 6.07) is 16.8. The summed E-state index contributed by atoms with van der Waals surface area (Å²) < 4.78 is 45.5. The fourth-order valence-corrected chi connectivity index (χ4v) is 3.26. The number of hydrogen-bond donors (Lipinski definition) is 0. The molecule has 0 bridgehead atoms. The highest BCUT2D eigenvalue weighted by Crippen LogP contribution is 2.37. The average molecular weight is 417 g/mol. The van der Waals surface area contributed by atoms with Crippen molar-refractivity contribution in [3.63, 3.8) is 0 Å². The van der Waals surface area contributed by atoms with Crippen molar-refractivity contribution >= 4 is 30.0 Å². The first-order chi connectivity index (χ1) is 13.8. The van der Waals surface area contributed by atoms with E-state index in [1.807, 2.05) is 36.4 Å². The molecular weight excluding hydrogens is 401 g/mol. The van der Waals surface area contributed by atoms with Crippen LogP contribution in [0.3, 0.4) is 0 Å². The van der Waals surface area contributed by atoms with Crippen LogP contribution in [0.1, 0.15) is 27.0 Å². The van der Waals surface area contributed by atoms with Crippen LogP contribution in [-0.4, -0.2) is 13.4 Å². The molecule has 0 fully saturated rings. The van der Waals surface area contributed by atoms with Crippen LogP contribution in [0.5, 0.6) is 5.75 Å². The van der Waals surface area contributed by atoms with Crippen LogP contribution in [0.15, 0.2) is 60.7 Å². The number of carbonyl (C=O) groups is 1. The van der Waals surface area contributed by atoms with Gasteiger partial charge in [-0.15, -0.1) is 0 Å². The summed E-state index contributed by atoms with van der Waals surface area (Å²) in [6.07, 6.45) is -1.46. The van der Waals surface area contributed by atoms with Crippen LogP contribution in [0, 0.1) is 0 Å². The Kier molecular flexibility index (Phi) is 6.09. The Labute approximate surface area is 171 Å². The van der Waals surface area contributed by atoms with Gasteiger partial charge in [0.05, 0.1) is 23.3 Å². The Morgan fingerprint density at radius 2 is 1.59 bits per heavy atom. The van der Waals surface area contributed by atoms with Gasteiger partial charge in [-0.05, 0) is 28.8 Å². The molecule has 148 valence electrons. The van der Waals surface area contributed by atoms with Gasteiger partial charge in [0.25, 0.3) is 0 Å². The summed E-state index contributed by atoms with van der Waals surface area (Å²) in [7, 11) is 1.29. The van der Waals surface area contributed by atoms with Gasteiger partial charge in [0, 0.05) is 5.56 Å². The van der Waals surface area contributed by atoms with Crippen molar-refractivity contribution in [1.29, 1.82) is 0 Å². The van der Waals surface area contributed by atoms with Crippen LogP contribution < -0.4 is 4.74 Å². The first-order valence-electron chi connectivity index (χ1n) is 8.61. The number of hydrogen-bond acceptors (Lipinski definition) is 2. The number of aldehydes is 1. The van der Waals surface area contributed by atoms with Crippen molar-refractivity contribution < 1.29 is 22.7 Å². The maximum Gasteiger partial charge on any atom is 0.417 e. The van der Waals surface area contributed by atoms with Gasteiger partial charge in [-0.1, -0.05) is 72.3 Å². The van der Waals surface area contributed by atoms with Crippen molar-refractivity contribution in [2.45, 2.75) is 6.18 Å². The van der Waals surface area contributed by atoms with Crippen molar-refractivity contribution in [2.24, 2.45) is 0 Å². The Hall–Kier alpha value is -3.05. The van der Waals surface area contributed by atoms with Gasteiger partial charge in [0.15, 0.2) is 6.29 Å². The molecule has 0 aliphatic carbocycles. The zero-order chi connectivity index (χ0) is 21.0. The van der Waals surface area contributed by atoms with Crippen LogP contribution in [0.25, 0.3) is 23.3 Å². The number of carbonyl (C=O) groups excluding carboxylic acids is 1. The minimum Gasteiger partial charge on any atom is -0.496 e. The zero-order valence-electron chi connectivity index (χ0n) is 15.3. The van der Waals surface area contributed by atoms with Crippen molar-refractivity contribution in [3.05, 3.63) is 87.9 Å². The van der Waals surface area contributed by atoms with E-state index in [4.69, 9.17) is 16.3 Å². The van der Waals surface area contributed by atoms with Gasteiger partial charge in [-0.2, -0.15) is 13.2 Å². The van der Waals surface area contributed by atoms with Gasteiger partial charge >= 0.3 is 6.18 Å². The standard InChI is InChI=1S/C23H16ClF3O2/c1-29-21-13-17(20(23(25,26)27)12-18(21)14-28)11-10-16-8-5-9-19(22(16)24)15-6-3-2-4-7-15/h2-14H,1H3/b11-10+. The van der Waals surface area contributed by atoms with Gasteiger partial charge < -0.3 is 4.74 Å². The third-order valence-corrected chi connectivity index (χ3v) is 4.81. The van der Waals surface area contributed by atoms with E-state index in [0.29, 0.717) is 16.9 Å². The maximum atomic E-state index is 13.5. The van der Waals surface area contributed by atoms with E-state index in [1.54, 1.807) is 12.1 Å². The second-order valence-corrected chi connectivity index (χ2v) is 6.58. The quantitative estimate of drug-likeness (QED) is 0.330. The summed E-state index contributed by atoms with van der Waals surface area (Å²) in [6.45, 7) is 0. The zero-order valence-corrected chi connectivity index (χ0v) is 16.1. The monoisotopic (exact) mass is 416 g/mol. The molecule has 0 atom stereocenters. The van der Waals surface area contributed by atoms with Crippen LogP contribution in [0.4, 0.5) is 13.2 Å². The molecule has 0 saturated heterocycles. The lowest BCUT2D eigenvalue weighted by Gasteiger charge is -2.14. The molecule has 29 heavy (non-hydrogen) atoms. The highest BCUT2D eigenvalue weighted by Gasteiger charge is 2.34. The molecule has 3 aromatic carbocycles. The predicted molar refractivity (Wildman–Crippen MR) is 109 cm³/mol. The molecule has 0 heterocycles. The van der Waals surface area contributed by atoms with E-state index in [-0.39, 0.29) is 16.9 Å². The van der Waals surface area contributed by atoms with Gasteiger partial charge in [-0.25, -0.2) is 0 Å². The molecular formula is C23H16ClF3O2. The van der Waals surface area contributed by atoms with Gasteiger partial charge in [0.2, 0.25) is 0 Å². The highest BCUT2D eigenvalue weighted by molar-refractivity contribution is 6.35. The van der Waals surface area contributed by atoms with Crippen molar-refractivity contribution in [2.75, 3.05) is 7.11 Å². The van der Waals surface area contributed by atoms with Gasteiger partial charge in [-0.3, -0.25) is 4.79 Å². The molecule has 0 saturated carbocycles. The molecule has 0 N–H and O–H groups in total. The van der Waals surface area contributed by atoms with Crippen LogP contribution in [0.2, 0.25) is 5.02 Å². The molecule has 3 rings (SSSR count). The summed E-state index contributed by atoms with van der Waals surface area (Å²) >= 11 is 6.50. The second-order valence-electron chi connectivity index (χ2n) is 6.21. The first kappa shape index (κ1) is 20.7. The number of rotatable bonds is 5. The van der Waals surface area contributed by atoms with Crippen LogP contribution in [-0.2, 0) is 6.18 Å². The molecule has 0 aliphatic rings. The van der Waals surface area contributed by atoms with E-state index in [2.05, 4.69) is 0 Å². The Bertz CT molecular complexity index is 1060. The highest BCUT2D eigenvalue weighted by atomic mass is 35.5. The van der Waals surface area contributed by atoms with Gasteiger partial charge in [0.1, 0.15) is 5.75 Å². The molecule has 3 aromatic rings. The van der Waals surface area contributed by atoms with E-state index in [1.165, 1.54) is 25.3 Å². The number of benzene rings is 3. The normalized spacial score (nSPS) is 11.6. The molecule has 0 spiro atoms. The Morgan fingerprint density at radius 3 is 2.21 bits per heavy atom. The molecule has 0 unspecified atom stereocenters. The summed E-state index contributed by atoms with van der Waals surface area (Å²) in [5.74, 6) is 0.0665. The molecule has 0 amide bonds. The number of alkyl halides is 3. The lowest BCUT2D eigenvalue weighted by molar-refractivity contribution is -0.137. The first-order valence-corrected chi connectivity index (χ1v) is 8.99. The van der Waals surface area contributed by atoms with E-state index >= 15 is 0 Å². The molecule has 6 heteroatoms. The third kappa shape index (κ3) is 4.51. The fraction of sp³-hybridized carbons (Fsp3) is 0.0870. The number of ether oxygens (including phenoxy) is 1. The van der Waals surface area contributed by atoms with Crippen molar-refractivity contribution in [1.82, 2.24) is 0 Å². The van der Waals surface area contributed by atoms with E-state index < -0.39 is 11.7 Å². The second kappa shape index (κ2) is 8.53. The molecule has 0 aromatic heterocycles. The van der Waals surface area contributed by atoms with Crippen molar-refractivity contribution in [3.8, 4) is 16.9 Å². The topological polar surface area (TPSA) is 26.3 Å². The largest absolute Gasteiger partial charge is 0.496 e. The average Bonchev–Trinajstić information content (AvgIpc) is 2.72. The van der Waals surface area contributed by atoms with Crippen LogP contribution >= 0.6 is 11.6 Å². The molecule has 2 nitrogen and oxygen atoms in total. The summed E-state index contributed by atoms with van der Waals surface area (Å²) in [5, 5.41) is 0.431. The Balaban J connectivity index is 2.08. The SMILES string of the molecule is COc1cc(/C=C/c2cccc(-c3ccccc3)c2Cl)c(C(F)(F)F)cc1C=O. The lowest BCUT2D eigenvalue weighted by atomic mass is 10.00.